The number of hydrogen-bond acceptors (Lipinski definition) is 6. The van der Waals surface area contributed by atoms with Crippen molar-refractivity contribution >= 4 is 11.7 Å². The van der Waals surface area contributed by atoms with Crippen molar-refractivity contribution < 1.29 is 13.7 Å². The van der Waals surface area contributed by atoms with Gasteiger partial charge in [0, 0.05) is 12.6 Å². The molecule has 1 N–H and O–H groups in total. The Labute approximate surface area is 126 Å². The molecule has 0 aliphatic rings. The monoisotopic (exact) mass is 298 g/mol. The highest BCUT2D eigenvalue weighted by Gasteiger charge is 2.19. The highest BCUT2D eigenvalue weighted by molar-refractivity contribution is 6.03. The van der Waals surface area contributed by atoms with E-state index in [-0.39, 0.29) is 11.7 Å². The third-order valence-corrected chi connectivity index (χ3v) is 3.07. The van der Waals surface area contributed by atoms with Crippen molar-refractivity contribution in [2.75, 3.05) is 5.32 Å². The quantitative estimate of drug-likeness (QED) is 0.799. The second-order valence-corrected chi connectivity index (χ2v) is 4.87. The zero-order chi connectivity index (χ0) is 15.7. The van der Waals surface area contributed by atoms with Gasteiger partial charge in [-0.05, 0) is 37.6 Å². The molecule has 0 aromatic carbocycles. The van der Waals surface area contributed by atoms with Crippen molar-refractivity contribution in [3.05, 3.63) is 47.4 Å². The van der Waals surface area contributed by atoms with E-state index in [0.29, 0.717) is 23.1 Å². The number of hydrogen-bond donors (Lipinski definition) is 1. The lowest BCUT2D eigenvalue weighted by molar-refractivity contribution is 0.0996. The van der Waals surface area contributed by atoms with Crippen molar-refractivity contribution in [2.45, 2.75) is 20.8 Å². The number of pyridine rings is 1. The number of furan rings is 1. The van der Waals surface area contributed by atoms with Crippen LogP contribution in [0.4, 0.5) is 5.82 Å². The fourth-order valence-electron chi connectivity index (χ4n) is 2.19. The number of amides is 1. The van der Waals surface area contributed by atoms with Gasteiger partial charge >= 0.3 is 0 Å². The van der Waals surface area contributed by atoms with Crippen LogP contribution in [-0.4, -0.2) is 21.0 Å². The Bertz CT molecular complexity index is 821. The molecule has 22 heavy (non-hydrogen) atoms. The van der Waals surface area contributed by atoms with Crippen LogP contribution in [0.5, 0.6) is 0 Å². The van der Waals surface area contributed by atoms with Gasteiger partial charge in [0.05, 0.1) is 11.8 Å². The van der Waals surface area contributed by atoms with Crippen LogP contribution in [-0.2, 0) is 0 Å². The van der Waals surface area contributed by atoms with Crippen LogP contribution in [0.3, 0.4) is 0 Å². The number of aryl methyl sites for hydroxylation is 3. The molecule has 0 saturated heterocycles. The van der Waals surface area contributed by atoms with Gasteiger partial charge in [-0.15, -0.1) is 0 Å². The summed E-state index contributed by atoms with van der Waals surface area (Å²) in [4.78, 5) is 20.8. The van der Waals surface area contributed by atoms with Gasteiger partial charge in [-0.1, -0.05) is 5.16 Å². The van der Waals surface area contributed by atoms with Crippen LogP contribution in [0.1, 0.15) is 27.7 Å². The largest absolute Gasteiger partial charge is 0.459 e. The fourth-order valence-corrected chi connectivity index (χ4v) is 2.19. The minimum absolute atomic E-state index is 0.205. The third-order valence-electron chi connectivity index (χ3n) is 3.07. The van der Waals surface area contributed by atoms with Gasteiger partial charge in [-0.25, -0.2) is 4.98 Å². The minimum atomic E-state index is -0.385. The Morgan fingerprint density at radius 3 is 2.68 bits per heavy atom. The summed E-state index contributed by atoms with van der Waals surface area (Å²) in [6.07, 6.45) is 1.44. The number of anilines is 1. The molecule has 0 aliphatic heterocycles. The van der Waals surface area contributed by atoms with Crippen LogP contribution in [0.25, 0.3) is 11.4 Å². The van der Waals surface area contributed by atoms with Crippen LogP contribution < -0.4 is 5.32 Å². The normalized spacial score (nSPS) is 10.7. The Balaban J connectivity index is 2.04. The van der Waals surface area contributed by atoms with Crippen molar-refractivity contribution in [1.82, 2.24) is 15.1 Å². The van der Waals surface area contributed by atoms with Gasteiger partial charge < -0.3 is 14.3 Å². The summed E-state index contributed by atoms with van der Waals surface area (Å²) in [5, 5.41) is 6.64. The topological polar surface area (TPSA) is 94.1 Å². The van der Waals surface area contributed by atoms with Gasteiger partial charge in [0.1, 0.15) is 5.82 Å². The molecule has 3 aromatic rings. The van der Waals surface area contributed by atoms with Gasteiger partial charge in [-0.3, -0.25) is 4.79 Å². The molecule has 0 spiro atoms. The number of carbonyl (C=O) groups is 1. The van der Waals surface area contributed by atoms with Crippen molar-refractivity contribution in [3.8, 4) is 11.4 Å². The highest BCUT2D eigenvalue weighted by Crippen LogP contribution is 2.28. The SMILES string of the molecule is Cc1cc(C)c(-c2noc(C)n2)c(NC(=O)c2ccco2)n1. The van der Waals surface area contributed by atoms with Gasteiger partial charge in [0.25, 0.3) is 5.91 Å². The van der Waals surface area contributed by atoms with Crippen molar-refractivity contribution in [1.29, 1.82) is 0 Å². The third kappa shape index (κ3) is 2.60. The predicted molar refractivity (Wildman–Crippen MR) is 78.4 cm³/mol. The summed E-state index contributed by atoms with van der Waals surface area (Å²) >= 11 is 0. The Morgan fingerprint density at radius 1 is 1.23 bits per heavy atom. The van der Waals surface area contributed by atoms with E-state index in [4.69, 9.17) is 8.94 Å². The van der Waals surface area contributed by atoms with Crippen molar-refractivity contribution in [2.24, 2.45) is 0 Å². The molecule has 3 heterocycles. The molecule has 3 rings (SSSR count). The zero-order valence-corrected chi connectivity index (χ0v) is 12.4. The predicted octanol–water partition coefficient (Wildman–Crippen LogP) is 2.90. The number of nitrogens with one attached hydrogen (secondary N) is 1. The first-order valence-electron chi connectivity index (χ1n) is 6.68. The smallest absolute Gasteiger partial charge is 0.292 e. The van der Waals surface area contributed by atoms with Gasteiger partial charge in [0.15, 0.2) is 5.76 Å². The molecule has 7 nitrogen and oxygen atoms in total. The van der Waals surface area contributed by atoms with Crippen LogP contribution in [0.15, 0.2) is 33.4 Å². The lowest BCUT2D eigenvalue weighted by Gasteiger charge is -2.10. The van der Waals surface area contributed by atoms with E-state index in [0.717, 1.165) is 11.3 Å². The van der Waals surface area contributed by atoms with E-state index in [1.807, 2.05) is 19.9 Å². The summed E-state index contributed by atoms with van der Waals surface area (Å²) < 4.78 is 10.1. The lowest BCUT2D eigenvalue weighted by Crippen LogP contribution is -2.14. The molecule has 7 heteroatoms. The zero-order valence-electron chi connectivity index (χ0n) is 12.4. The number of carbonyl (C=O) groups excluding carboxylic acids is 1. The summed E-state index contributed by atoms with van der Waals surface area (Å²) in [6.45, 7) is 5.45. The standard InChI is InChI=1S/C15H14N4O3/c1-8-7-9(2)16-13(12(8)14-17-10(3)22-19-14)18-15(20)11-5-4-6-21-11/h4-7H,1-3H3,(H,16,18,20). The Kier molecular flexibility index (Phi) is 3.46. The minimum Gasteiger partial charge on any atom is -0.459 e. The maximum atomic E-state index is 12.2. The van der Waals surface area contributed by atoms with E-state index in [9.17, 15) is 4.79 Å². The molecule has 0 bridgehead atoms. The second kappa shape index (κ2) is 5.44. The summed E-state index contributed by atoms with van der Waals surface area (Å²) in [5.74, 6) is 1.02. The lowest BCUT2D eigenvalue weighted by atomic mass is 10.1. The fraction of sp³-hybridized carbons (Fsp3) is 0.200. The van der Waals surface area contributed by atoms with Crippen LogP contribution in [0, 0.1) is 20.8 Å². The highest BCUT2D eigenvalue weighted by atomic mass is 16.5. The maximum absolute atomic E-state index is 12.2. The molecule has 0 fully saturated rings. The molecule has 0 atom stereocenters. The van der Waals surface area contributed by atoms with Crippen LogP contribution >= 0.6 is 0 Å². The maximum Gasteiger partial charge on any atom is 0.292 e. The van der Waals surface area contributed by atoms with Gasteiger partial charge in [0.2, 0.25) is 11.7 Å². The number of rotatable bonds is 3. The summed E-state index contributed by atoms with van der Waals surface area (Å²) in [6, 6.07) is 5.12. The van der Waals surface area contributed by atoms with E-state index >= 15 is 0 Å². The first kappa shape index (κ1) is 14.0. The molecule has 0 radical (unpaired) electrons. The molecule has 112 valence electrons. The van der Waals surface area contributed by atoms with Gasteiger partial charge in [-0.2, -0.15) is 4.98 Å². The summed E-state index contributed by atoms with van der Waals surface area (Å²) in [7, 11) is 0. The molecule has 3 aromatic heterocycles. The second-order valence-electron chi connectivity index (χ2n) is 4.87. The summed E-state index contributed by atoms with van der Waals surface area (Å²) in [5.41, 5.74) is 2.29. The molecule has 1 amide bonds. The first-order valence-corrected chi connectivity index (χ1v) is 6.68. The Hall–Kier alpha value is -2.96. The molecule has 0 aliphatic carbocycles. The number of aromatic nitrogens is 3. The molecule has 0 saturated carbocycles. The van der Waals surface area contributed by atoms with E-state index < -0.39 is 0 Å². The van der Waals surface area contributed by atoms with Crippen molar-refractivity contribution in [3.63, 3.8) is 0 Å². The van der Waals surface area contributed by atoms with E-state index in [2.05, 4.69) is 20.4 Å². The number of nitrogens with zero attached hydrogens (tertiary/aromatic N) is 3. The average molecular weight is 298 g/mol. The van der Waals surface area contributed by atoms with E-state index in [1.54, 1.807) is 19.1 Å². The molecular formula is C15H14N4O3. The average Bonchev–Trinajstić information content (AvgIpc) is 3.09. The van der Waals surface area contributed by atoms with E-state index in [1.165, 1.54) is 6.26 Å². The van der Waals surface area contributed by atoms with Crippen LogP contribution in [0.2, 0.25) is 0 Å². The molecular weight excluding hydrogens is 284 g/mol. The Morgan fingerprint density at radius 2 is 2.05 bits per heavy atom. The molecule has 0 unspecified atom stereocenters. The first-order chi connectivity index (χ1) is 10.5.